The van der Waals surface area contributed by atoms with Crippen LogP contribution in [0.25, 0.3) is 0 Å². The van der Waals surface area contributed by atoms with E-state index in [-0.39, 0.29) is 30.1 Å². The van der Waals surface area contributed by atoms with Crippen LogP contribution in [0, 0.1) is 6.92 Å². The molecule has 0 amide bonds. The molecule has 1 aliphatic rings. The van der Waals surface area contributed by atoms with Crippen molar-refractivity contribution in [2.24, 2.45) is 4.99 Å². The minimum absolute atomic E-state index is 0. The maximum atomic E-state index is 6.11. The number of nitrogens with zero attached hydrogens (tertiary/aromatic N) is 4. The Hall–Kier alpha value is -1.84. The van der Waals surface area contributed by atoms with Gasteiger partial charge in [-0.05, 0) is 44.7 Å². The molecule has 0 spiro atoms. The third-order valence-electron chi connectivity index (χ3n) is 5.40. The van der Waals surface area contributed by atoms with E-state index in [9.17, 15) is 0 Å². The fraction of sp³-hybridized carbons (Fsp3) is 0.591. The number of fused-ring (bicyclic) bond motifs is 1. The molecule has 1 unspecified atom stereocenters. The average Bonchev–Trinajstić information content (AvgIpc) is 2.95. The van der Waals surface area contributed by atoms with Crippen molar-refractivity contribution in [3.05, 3.63) is 41.0 Å². The van der Waals surface area contributed by atoms with Gasteiger partial charge in [-0.3, -0.25) is 4.99 Å². The van der Waals surface area contributed by atoms with Crippen LogP contribution in [0.2, 0.25) is 0 Å². The Morgan fingerprint density at radius 3 is 2.77 bits per heavy atom. The zero-order valence-corrected chi connectivity index (χ0v) is 20.9. The standard InChI is InChI=1S/C22H34N6O.HI/c1-5-17(3)29-19-13-16(2)10-11-18(19)14-24-22(23-4)25-15-21-27-26-20-9-7-6-8-12-28(20)21;/h10-11,13,17H,5-9,12,14-15H2,1-4H3,(H2,23,24,25);1H. The van der Waals surface area contributed by atoms with Crippen LogP contribution in [0.15, 0.2) is 23.2 Å². The SMILES string of the molecule is CCC(C)Oc1cc(C)ccc1CNC(=NC)NCc1nnc2n1CCCCC2.I. The average molecular weight is 526 g/mol. The van der Waals surface area contributed by atoms with E-state index in [4.69, 9.17) is 4.74 Å². The summed E-state index contributed by atoms with van der Waals surface area (Å²) >= 11 is 0. The fourth-order valence-corrected chi connectivity index (χ4v) is 3.46. The van der Waals surface area contributed by atoms with Crippen molar-refractivity contribution in [2.75, 3.05) is 7.05 Å². The molecule has 30 heavy (non-hydrogen) atoms. The van der Waals surface area contributed by atoms with Gasteiger partial charge < -0.3 is 19.9 Å². The van der Waals surface area contributed by atoms with Crippen LogP contribution >= 0.6 is 24.0 Å². The highest BCUT2D eigenvalue weighted by Crippen LogP contribution is 2.22. The van der Waals surface area contributed by atoms with E-state index in [1.54, 1.807) is 7.05 Å². The smallest absolute Gasteiger partial charge is 0.191 e. The largest absolute Gasteiger partial charge is 0.490 e. The molecule has 8 heteroatoms. The molecule has 1 aromatic carbocycles. The molecule has 3 rings (SSSR count). The van der Waals surface area contributed by atoms with Gasteiger partial charge in [0.15, 0.2) is 11.8 Å². The summed E-state index contributed by atoms with van der Waals surface area (Å²) in [7, 11) is 1.78. The molecule has 166 valence electrons. The fourth-order valence-electron chi connectivity index (χ4n) is 3.46. The van der Waals surface area contributed by atoms with Crippen molar-refractivity contribution in [3.63, 3.8) is 0 Å². The number of nitrogens with one attached hydrogen (secondary N) is 2. The maximum Gasteiger partial charge on any atom is 0.191 e. The molecule has 0 bridgehead atoms. The predicted molar refractivity (Wildman–Crippen MR) is 132 cm³/mol. The number of hydrogen-bond acceptors (Lipinski definition) is 4. The summed E-state index contributed by atoms with van der Waals surface area (Å²) in [5, 5.41) is 15.5. The van der Waals surface area contributed by atoms with Gasteiger partial charge in [-0.15, -0.1) is 34.2 Å². The lowest BCUT2D eigenvalue weighted by atomic mass is 10.1. The number of benzene rings is 1. The minimum Gasteiger partial charge on any atom is -0.490 e. The van der Waals surface area contributed by atoms with E-state index in [0.29, 0.717) is 13.1 Å². The van der Waals surface area contributed by atoms with Crippen molar-refractivity contribution in [1.82, 2.24) is 25.4 Å². The van der Waals surface area contributed by atoms with E-state index in [1.807, 2.05) is 0 Å². The molecule has 1 atom stereocenters. The molecule has 2 heterocycles. The second-order valence-electron chi connectivity index (χ2n) is 7.72. The lowest BCUT2D eigenvalue weighted by molar-refractivity contribution is 0.215. The number of guanidine groups is 1. The predicted octanol–water partition coefficient (Wildman–Crippen LogP) is 3.97. The van der Waals surface area contributed by atoms with E-state index in [2.05, 4.69) is 69.4 Å². The molecule has 0 radical (unpaired) electrons. The molecule has 0 saturated carbocycles. The van der Waals surface area contributed by atoms with Gasteiger partial charge in [0.2, 0.25) is 0 Å². The molecular weight excluding hydrogens is 491 g/mol. The van der Waals surface area contributed by atoms with Crippen molar-refractivity contribution in [3.8, 4) is 5.75 Å². The van der Waals surface area contributed by atoms with E-state index in [0.717, 1.165) is 48.3 Å². The normalized spacial score (nSPS) is 14.9. The second-order valence-corrected chi connectivity index (χ2v) is 7.72. The van der Waals surface area contributed by atoms with E-state index in [1.165, 1.54) is 24.8 Å². The topological polar surface area (TPSA) is 76.4 Å². The summed E-state index contributed by atoms with van der Waals surface area (Å²) in [5.74, 6) is 3.76. The number of aliphatic imine (C=N–C) groups is 1. The summed E-state index contributed by atoms with van der Waals surface area (Å²) in [6.45, 7) is 8.57. The van der Waals surface area contributed by atoms with E-state index < -0.39 is 0 Å². The van der Waals surface area contributed by atoms with Gasteiger partial charge in [-0.1, -0.05) is 25.5 Å². The maximum absolute atomic E-state index is 6.11. The van der Waals surface area contributed by atoms with Crippen LogP contribution in [-0.4, -0.2) is 33.9 Å². The van der Waals surface area contributed by atoms with Crippen LogP contribution in [-0.2, 0) is 26.1 Å². The Bertz CT molecular complexity index is 835. The summed E-state index contributed by atoms with van der Waals surface area (Å²) in [4.78, 5) is 4.35. The first-order chi connectivity index (χ1) is 14.1. The lowest BCUT2D eigenvalue weighted by Gasteiger charge is -2.18. The number of hydrogen-bond donors (Lipinski definition) is 2. The highest BCUT2D eigenvalue weighted by Gasteiger charge is 2.15. The Morgan fingerprint density at radius 1 is 1.20 bits per heavy atom. The monoisotopic (exact) mass is 526 g/mol. The highest BCUT2D eigenvalue weighted by atomic mass is 127. The molecule has 2 aromatic rings. The van der Waals surface area contributed by atoms with Gasteiger partial charge in [-0.2, -0.15) is 0 Å². The molecule has 1 aromatic heterocycles. The highest BCUT2D eigenvalue weighted by molar-refractivity contribution is 14.0. The van der Waals surface area contributed by atoms with Crippen LogP contribution in [0.1, 0.15) is 62.3 Å². The van der Waals surface area contributed by atoms with Crippen molar-refractivity contribution >= 4 is 29.9 Å². The number of aryl methyl sites for hydroxylation is 2. The van der Waals surface area contributed by atoms with Crippen molar-refractivity contribution in [2.45, 2.75) is 78.6 Å². The third-order valence-corrected chi connectivity index (χ3v) is 5.40. The van der Waals surface area contributed by atoms with Crippen LogP contribution in [0.5, 0.6) is 5.75 Å². The van der Waals surface area contributed by atoms with Crippen LogP contribution in [0.3, 0.4) is 0 Å². The molecule has 1 aliphatic heterocycles. The zero-order valence-electron chi connectivity index (χ0n) is 18.6. The van der Waals surface area contributed by atoms with Gasteiger partial charge in [0, 0.05) is 32.1 Å². The quantitative estimate of drug-likeness (QED) is 0.325. The zero-order chi connectivity index (χ0) is 20.6. The Kier molecular flexibility index (Phi) is 9.87. The Labute approximate surface area is 197 Å². The number of halogens is 1. The van der Waals surface area contributed by atoms with Gasteiger partial charge in [-0.25, -0.2) is 0 Å². The van der Waals surface area contributed by atoms with E-state index >= 15 is 0 Å². The Balaban J connectivity index is 0.00000320. The second kappa shape index (κ2) is 12.1. The molecule has 0 aliphatic carbocycles. The van der Waals surface area contributed by atoms with Gasteiger partial charge in [0.25, 0.3) is 0 Å². The summed E-state index contributed by atoms with van der Waals surface area (Å²) in [5.41, 5.74) is 2.32. The molecule has 7 nitrogen and oxygen atoms in total. The van der Waals surface area contributed by atoms with Crippen molar-refractivity contribution in [1.29, 1.82) is 0 Å². The molecular formula is C22H35IN6O. The number of rotatable bonds is 7. The van der Waals surface area contributed by atoms with Crippen LogP contribution in [0.4, 0.5) is 0 Å². The molecule has 0 saturated heterocycles. The number of aromatic nitrogens is 3. The Morgan fingerprint density at radius 2 is 2.00 bits per heavy atom. The van der Waals surface area contributed by atoms with Crippen LogP contribution < -0.4 is 15.4 Å². The first-order valence-corrected chi connectivity index (χ1v) is 10.7. The van der Waals surface area contributed by atoms with Gasteiger partial charge >= 0.3 is 0 Å². The van der Waals surface area contributed by atoms with Gasteiger partial charge in [0.05, 0.1) is 12.6 Å². The number of ether oxygens (including phenoxy) is 1. The summed E-state index contributed by atoms with van der Waals surface area (Å²) in [6.07, 6.45) is 5.84. The van der Waals surface area contributed by atoms with Crippen molar-refractivity contribution < 1.29 is 4.74 Å². The minimum atomic E-state index is 0. The lowest BCUT2D eigenvalue weighted by Crippen LogP contribution is -2.37. The molecule has 2 N–H and O–H groups in total. The first kappa shape index (κ1) is 24.4. The molecule has 0 fully saturated rings. The van der Waals surface area contributed by atoms with Gasteiger partial charge in [0.1, 0.15) is 11.6 Å². The summed E-state index contributed by atoms with van der Waals surface area (Å²) in [6, 6.07) is 6.33. The summed E-state index contributed by atoms with van der Waals surface area (Å²) < 4.78 is 8.37. The third kappa shape index (κ3) is 6.58. The first-order valence-electron chi connectivity index (χ1n) is 10.7.